The zero-order valence-corrected chi connectivity index (χ0v) is 30.5. The van der Waals surface area contributed by atoms with E-state index < -0.39 is 26.2 Å². The van der Waals surface area contributed by atoms with Crippen molar-refractivity contribution in [3.8, 4) is 11.8 Å². The van der Waals surface area contributed by atoms with Crippen LogP contribution < -0.4 is 39.8 Å². The largest absolute Gasteiger partial charge is 1.00 e. The Morgan fingerprint density at radius 3 is 2.30 bits per heavy atom. The van der Waals surface area contributed by atoms with Gasteiger partial charge < -0.3 is 14.8 Å². The topological polar surface area (TPSA) is 199 Å². The SMILES string of the molecule is CCN(CCCCS(=O)(=O)[O-])c1ccc(N=Nc2c(C#N)c(C(C)(C)C)nn2-c2c(Cl)cc([N+](=O)[O-])cc2Cl)c(NC(C)=O)c1.[Na+]. The first-order valence-corrected chi connectivity index (χ1v) is 16.0. The number of halogens is 2. The van der Waals surface area contributed by atoms with Crippen molar-refractivity contribution in [1.82, 2.24) is 9.78 Å². The second kappa shape index (κ2) is 16.1. The number of hydrogen-bond acceptors (Lipinski definition) is 11. The summed E-state index contributed by atoms with van der Waals surface area (Å²) in [6.07, 6.45) is 0.665. The Bertz CT molecular complexity index is 1780. The fourth-order valence-corrected chi connectivity index (χ4v) is 5.59. The number of carbonyl (C=O) groups excluding carboxylic acids is 1. The van der Waals surface area contributed by atoms with Gasteiger partial charge in [-0.25, -0.2) is 13.1 Å². The number of nitro groups is 1. The normalized spacial score (nSPS) is 11.6. The number of benzene rings is 2. The van der Waals surface area contributed by atoms with Crippen LogP contribution in [0.5, 0.6) is 0 Å². The first kappa shape index (κ1) is 39.1. The first-order chi connectivity index (χ1) is 21.0. The summed E-state index contributed by atoms with van der Waals surface area (Å²) in [7, 11) is -4.30. The number of nitro benzene ring substituents is 1. The van der Waals surface area contributed by atoms with E-state index in [0.29, 0.717) is 36.6 Å². The second-order valence-electron chi connectivity index (χ2n) is 11.0. The maximum Gasteiger partial charge on any atom is 1.00 e. The Morgan fingerprint density at radius 1 is 1.17 bits per heavy atom. The van der Waals surface area contributed by atoms with Crippen molar-refractivity contribution in [2.75, 3.05) is 29.1 Å². The number of carbonyl (C=O) groups is 1. The zero-order valence-electron chi connectivity index (χ0n) is 26.2. The number of nitrogens with one attached hydrogen (secondary N) is 1. The smallest absolute Gasteiger partial charge is 0.748 e. The average molecular weight is 702 g/mol. The van der Waals surface area contributed by atoms with Gasteiger partial charge in [0.15, 0.2) is 5.82 Å². The van der Waals surface area contributed by atoms with E-state index in [2.05, 4.69) is 26.7 Å². The van der Waals surface area contributed by atoms with Crippen molar-refractivity contribution < 1.29 is 52.2 Å². The van der Waals surface area contributed by atoms with E-state index in [1.54, 1.807) is 18.2 Å². The van der Waals surface area contributed by atoms with Crippen molar-refractivity contribution >= 4 is 67.8 Å². The molecule has 0 saturated heterocycles. The minimum atomic E-state index is -4.30. The summed E-state index contributed by atoms with van der Waals surface area (Å²) in [5, 5.41) is 37.2. The van der Waals surface area contributed by atoms with Crippen LogP contribution in [0.3, 0.4) is 0 Å². The van der Waals surface area contributed by atoms with E-state index >= 15 is 0 Å². The van der Waals surface area contributed by atoms with Gasteiger partial charge in [-0.1, -0.05) is 44.0 Å². The number of non-ortho nitro benzene ring substituents is 1. The minimum Gasteiger partial charge on any atom is -0.748 e. The molecule has 0 aliphatic rings. The summed E-state index contributed by atoms with van der Waals surface area (Å²) < 4.78 is 34.0. The number of nitrogens with zero attached hydrogens (tertiary/aromatic N) is 7. The molecule has 1 heterocycles. The number of rotatable bonds is 12. The fourth-order valence-electron chi connectivity index (χ4n) is 4.40. The molecule has 2 aromatic carbocycles. The van der Waals surface area contributed by atoms with Crippen molar-refractivity contribution in [3.63, 3.8) is 0 Å². The molecule has 0 radical (unpaired) electrons. The Hall–Kier alpha value is -3.10. The van der Waals surface area contributed by atoms with Gasteiger partial charge in [0.2, 0.25) is 5.91 Å². The molecule has 0 spiro atoms. The van der Waals surface area contributed by atoms with Gasteiger partial charge in [-0.3, -0.25) is 14.9 Å². The standard InChI is InChI=1S/C28H32Cl2N8O6S.Na/c1-6-36(11-7-8-12-45(42,43)44)18-9-10-23(24(15-18)32-17(2)39)33-34-27-20(16-31)26(28(3,4)5)35-37(27)25-21(29)13-19(38(40)41)14-22(25)30;/h9-10,13-15H,6-8,11-12H2,1-5H3,(H,32,39)(H,42,43,44);/q;+1/p-1. The molecule has 0 atom stereocenters. The molecule has 0 unspecified atom stereocenters. The van der Waals surface area contributed by atoms with Gasteiger partial charge in [0, 0.05) is 49.0 Å². The molecule has 14 nitrogen and oxygen atoms in total. The Morgan fingerprint density at radius 2 is 1.80 bits per heavy atom. The first-order valence-electron chi connectivity index (χ1n) is 13.7. The zero-order chi connectivity index (χ0) is 33.7. The summed E-state index contributed by atoms with van der Waals surface area (Å²) >= 11 is 12.9. The van der Waals surface area contributed by atoms with E-state index in [1.165, 1.54) is 11.6 Å². The molecular weight excluding hydrogens is 670 g/mol. The molecule has 0 aliphatic carbocycles. The van der Waals surface area contributed by atoms with Crippen LogP contribution in [0.25, 0.3) is 5.69 Å². The molecule has 0 aliphatic heterocycles. The van der Waals surface area contributed by atoms with E-state index in [1.807, 2.05) is 32.6 Å². The number of nitriles is 1. The molecule has 1 aromatic heterocycles. The third-order valence-electron chi connectivity index (χ3n) is 6.47. The quantitative estimate of drug-likeness (QED) is 0.0729. The Kier molecular flexibility index (Phi) is 13.7. The predicted octanol–water partition coefficient (Wildman–Crippen LogP) is 3.79. The maximum absolute atomic E-state index is 12.1. The maximum atomic E-state index is 12.1. The summed E-state index contributed by atoms with van der Waals surface area (Å²) in [6.45, 7) is 9.77. The van der Waals surface area contributed by atoms with E-state index in [0.717, 1.165) is 12.1 Å². The third-order valence-corrected chi connectivity index (χ3v) is 7.83. The van der Waals surface area contributed by atoms with Crippen LogP contribution in [0.15, 0.2) is 40.6 Å². The van der Waals surface area contributed by atoms with Gasteiger partial charge in [-0.05, 0) is 38.0 Å². The van der Waals surface area contributed by atoms with Crippen molar-refractivity contribution in [1.29, 1.82) is 5.26 Å². The molecule has 0 bridgehead atoms. The van der Waals surface area contributed by atoms with Crippen LogP contribution in [0.2, 0.25) is 10.0 Å². The van der Waals surface area contributed by atoms with Crippen molar-refractivity contribution in [2.45, 2.75) is 52.9 Å². The number of amides is 1. The van der Waals surface area contributed by atoms with E-state index in [-0.39, 0.29) is 80.4 Å². The van der Waals surface area contributed by atoms with Gasteiger partial charge in [-0.2, -0.15) is 10.4 Å². The number of azo groups is 1. The minimum absolute atomic E-state index is 0. The van der Waals surface area contributed by atoms with Crippen LogP contribution >= 0.6 is 23.2 Å². The monoisotopic (exact) mass is 700 g/mol. The van der Waals surface area contributed by atoms with Crippen LogP contribution in [0.4, 0.5) is 28.6 Å². The van der Waals surface area contributed by atoms with E-state index in [9.17, 15) is 33.1 Å². The number of aromatic nitrogens is 2. The molecule has 1 amide bonds. The summed E-state index contributed by atoms with van der Waals surface area (Å²) in [5.74, 6) is -0.869. The Balaban J connectivity index is 0.00000736. The summed E-state index contributed by atoms with van der Waals surface area (Å²) in [6, 6.07) is 9.36. The Labute approximate surface area is 299 Å². The summed E-state index contributed by atoms with van der Waals surface area (Å²) in [5.41, 5.74) is 0.756. The number of hydrogen-bond donors (Lipinski definition) is 1. The van der Waals surface area contributed by atoms with Crippen molar-refractivity contribution in [3.05, 3.63) is 61.7 Å². The van der Waals surface area contributed by atoms with Crippen LogP contribution in [-0.2, 0) is 20.3 Å². The molecule has 18 heteroatoms. The molecule has 0 fully saturated rings. The molecular formula is C28H31Cl2N8NaO6S. The molecule has 3 rings (SSSR count). The number of anilines is 2. The molecule has 3 aromatic rings. The second-order valence-corrected chi connectivity index (χ2v) is 13.3. The van der Waals surface area contributed by atoms with E-state index in [4.69, 9.17) is 23.2 Å². The average Bonchev–Trinajstić information content (AvgIpc) is 3.29. The molecule has 46 heavy (non-hydrogen) atoms. The van der Waals surface area contributed by atoms with Gasteiger partial charge in [0.25, 0.3) is 5.69 Å². The van der Waals surface area contributed by atoms with Gasteiger partial charge >= 0.3 is 29.6 Å². The van der Waals surface area contributed by atoms with Crippen LogP contribution in [0.1, 0.15) is 58.7 Å². The molecule has 240 valence electrons. The third kappa shape index (κ3) is 9.95. The van der Waals surface area contributed by atoms with Crippen molar-refractivity contribution in [2.24, 2.45) is 10.2 Å². The summed E-state index contributed by atoms with van der Waals surface area (Å²) in [4.78, 5) is 24.7. The van der Waals surface area contributed by atoms with Crippen LogP contribution in [-0.4, -0.2) is 52.4 Å². The number of unbranched alkanes of at least 4 members (excludes halogenated alkanes) is 1. The molecule has 0 saturated carbocycles. The predicted molar refractivity (Wildman–Crippen MR) is 170 cm³/mol. The van der Waals surface area contributed by atoms with Gasteiger partial charge in [0.1, 0.15) is 23.0 Å². The fraction of sp³-hybridized carbons (Fsp3) is 0.393. The molecule has 1 N–H and O–H groups in total. The van der Waals surface area contributed by atoms with Crippen LogP contribution in [0, 0.1) is 21.4 Å². The van der Waals surface area contributed by atoms with Gasteiger partial charge in [-0.15, -0.1) is 10.2 Å². The van der Waals surface area contributed by atoms with Gasteiger partial charge in [0.05, 0.1) is 36.5 Å².